The molecule has 0 saturated carbocycles. The third kappa shape index (κ3) is 5.12. The van der Waals surface area contributed by atoms with Crippen molar-refractivity contribution in [1.82, 2.24) is 4.31 Å². The summed E-state index contributed by atoms with van der Waals surface area (Å²) >= 11 is 0. The highest BCUT2D eigenvalue weighted by atomic mass is 32.2. The fraction of sp³-hybridized carbons (Fsp3) is 0.533. The first kappa shape index (κ1) is 17.6. The van der Waals surface area contributed by atoms with E-state index in [1.165, 1.54) is 4.31 Å². The summed E-state index contributed by atoms with van der Waals surface area (Å²) in [6.45, 7) is 6.92. The van der Waals surface area contributed by atoms with Crippen LogP contribution in [0.1, 0.15) is 31.9 Å². The van der Waals surface area contributed by atoms with Crippen molar-refractivity contribution in [2.75, 3.05) is 19.6 Å². The topological polar surface area (TPSA) is 87.2 Å². The molecule has 0 atom stereocenters. The average Bonchev–Trinajstić information content (AvgIpc) is 2.44. The Morgan fingerprint density at radius 2 is 2.05 bits per heavy atom. The van der Waals surface area contributed by atoms with Crippen molar-refractivity contribution in [2.24, 2.45) is 11.1 Å². The number of hydrogen-bond acceptors (Lipinski definition) is 4. The molecule has 0 amide bonds. The Morgan fingerprint density at radius 3 is 2.57 bits per heavy atom. The highest BCUT2D eigenvalue weighted by molar-refractivity contribution is 7.88. The Hall–Kier alpha value is -1.42. The van der Waals surface area contributed by atoms with Crippen molar-refractivity contribution in [2.45, 2.75) is 26.5 Å². The Bertz CT molecular complexity index is 618. The second kappa shape index (κ2) is 7.03. The van der Waals surface area contributed by atoms with E-state index in [9.17, 15) is 8.42 Å². The third-order valence-electron chi connectivity index (χ3n) is 3.31. The van der Waals surface area contributed by atoms with E-state index in [-0.39, 0.29) is 11.2 Å². The number of sulfonamides is 1. The molecule has 0 aliphatic heterocycles. The lowest BCUT2D eigenvalue weighted by Gasteiger charge is -2.30. The molecule has 0 unspecified atom stereocenters. The SMILES string of the molecule is CCN(CC(C)(C)CN)S(=O)(=O)Cc1cccc(C#N)c1. The molecule has 0 saturated heterocycles. The van der Waals surface area contributed by atoms with Gasteiger partial charge in [0.05, 0.1) is 17.4 Å². The normalized spacial score (nSPS) is 12.4. The third-order valence-corrected chi connectivity index (χ3v) is 5.18. The molecule has 0 aliphatic rings. The zero-order chi connectivity index (χ0) is 16.1. The van der Waals surface area contributed by atoms with E-state index in [0.29, 0.717) is 30.8 Å². The lowest BCUT2D eigenvalue weighted by molar-refractivity contribution is 0.272. The van der Waals surface area contributed by atoms with Gasteiger partial charge in [-0.15, -0.1) is 0 Å². The molecule has 5 nitrogen and oxygen atoms in total. The summed E-state index contributed by atoms with van der Waals surface area (Å²) in [6, 6.07) is 8.71. The number of nitrogens with two attached hydrogens (primary N) is 1. The summed E-state index contributed by atoms with van der Waals surface area (Å²) in [5, 5.41) is 8.88. The lowest BCUT2D eigenvalue weighted by Crippen LogP contribution is -2.42. The van der Waals surface area contributed by atoms with Crippen LogP contribution in [-0.4, -0.2) is 32.4 Å². The quantitative estimate of drug-likeness (QED) is 0.830. The summed E-state index contributed by atoms with van der Waals surface area (Å²) in [7, 11) is -3.43. The van der Waals surface area contributed by atoms with Gasteiger partial charge in [0.15, 0.2) is 0 Å². The zero-order valence-corrected chi connectivity index (χ0v) is 13.7. The van der Waals surface area contributed by atoms with Gasteiger partial charge in [-0.25, -0.2) is 12.7 Å². The van der Waals surface area contributed by atoms with E-state index in [2.05, 4.69) is 0 Å². The molecule has 0 bridgehead atoms. The van der Waals surface area contributed by atoms with Crippen LogP contribution in [0.5, 0.6) is 0 Å². The minimum atomic E-state index is -3.43. The van der Waals surface area contributed by atoms with Crippen LogP contribution in [0, 0.1) is 16.7 Å². The molecule has 1 rings (SSSR count). The van der Waals surface area contributed by atoms with Gasteiger partial charge in [-0.2, -0.15) is 5.26 Å². The monoisotopic (exact) mass is 309 g/mol. The minimum Gasteiger partial charge on any atom is -0.330 e. The van der Waals surface area contributed by atoms with Crippen LogP contribution in [-0.2, 0) is 15.8 Å². The van der Waals surface area contributed by atoms with E-state index < -0.39 is 10.0 Å². The van der Waals surface area contributed by atoms with E-state index in [4.69, 9.17) is 11.0 Å². The molecule has 2 N–H and O–H groups in total. The van der Waals surface area contributed by atoms with Crippen LogP contribution in [0.2, 0.25) is 0 Å². The van der Waals surface area contributed by atoms with Gasteiger partial charge in [-0.05, 0) is 29.7 Å². The molecule has 0 heterocycles. The number of hydrogen-bond donors (Lipinski definition) is 1. The van der Waals surface area contributed by atoms with Gasteiger partial charge in [-0.3, -0.25) is 0 Å². The predicted octanol–water partition coefficient (Wildman–Crippen LogP) is 1.69. The molecule has 0 radical (unpaired) electrons. The smallest absolute Gasteiger partial charge is 0.218 e. The molecule has 0 spiro atoms. The van der Waals surface area contributed by atoms with Gasteiger partial charge in [0.2, 0.25) is 10.0 Å². The first-order valence-electron chi connectivity index (χ1n) is 6.91. The highest BCUT2D eigenvalue weighted by Gasteiger charge is 2.27. The Balaban J connectivity index is 2.95. The molecular weight excluding hydrogens is 286 g/mol. The molecular formula is C15H23N3O2S. The maximum atomic E-state index is 12.5. The van der Waals surface area contributed by atoms with Crippen LogP contribution in [0.15, 0.2) is 24.3 Å². The van der Waals surface area contributed by atoms with Crippen LogP contribution in [0.3, 0.4) is 0 Å². The van der Waals surface area contributed by atoms with Gasteiger partial charge in [0.25, 0.3) is 0 Å². The first-order valence-corrected chi connectivity index (χ1v) is 8.52. The molecule has 1 aromatic rings. The van der Waals surface area contributed by atoms with Crippen molar-refractivity contribution in [1.29, 1.82) is 5.26 Å². The van der Waals surface area contributed by atoms with Crippen LogP contribution < -0.4 is 5.73 Å². The fourth-order valence-corrected chi connectivity index (χ4v) is 3.70. The standard InChI is InChI=1S/C15H23N3O2S/c1-4-18(12-15(2,3)11-17)21(19,20)10-14-7-5-6-13(8-14)9-16/h5-8H,4,10-12,17H2,1-3H3. The van der Waals surface area contributed by atoms with Crippen LogP contribution in [0.4, 0.5) is 0 Å². The van der Waals surface area contributed by atoms with Gasteiger partial charge >= 0.3 is 0 Å². The van der Waals surface area contributed by atoms with E-state index in [1.54, 1.807) is 24.3 Å². The largest absolute Gasteiger partial charge is 0.330 e. The summed E-state index contributed by atoms with van der Waals surface area (Å²) < 4.78 is 26.5. The fourth-order valence-electron chi connectivity index (χ4n) is 1.98. The molecule has 0 aromatic heterocycles. The predicted molar refractivity (Wildman–Crippen MR) is 83.9 cm³/mol. The van der Waals surface area contributed by atoms with Gasteiger partial charge in [-0.1, -0.05) is 32.9 Å². The average molecular weight is 309 g/mol. The second-order valence-electron chi connectivity index (χ2n) is 5.86. The minimum absolute atomic E-state index is 0.100. The van der Waals surface area contributed by atoms with Crippen LogP contribution in [0.25, 0.3) is 0 Å². The number of nitriles is 1. The molecule has 6 heteroatoms. The summed E-state index contributed by atoms with van der Waals surface area (Å²) in [6.07, 6.45) is 0. The van der Waals surface area contributed by atoms with Crippen molar-refractivity contribution in [3.8, 4) is 6.07 Å². The molecule has 0 aliphatic carbocycles. The van der Waals surface area contributed by atoms with E-state index in [1.807, 2.05) is 26.8 Å². The van der Waals surface area contributed by atoms with Crippen molar-refractivity contribution < 1.29 is 8.42 Å². The van der Waals surface area contributed by atoms with Crippen molar-refractivity contribution >= 4 is 10.0 Å². The Labute approximate surface area is 127 Å². The van der Waals surface area contributed by atoms with Gasteiger partial charge in [0, 0.05) is 13.1 Å². The van der Waals surface area contributed by atoms with Gasteiger partial charge < -0.3 is 5.73 Å². The van der Waals surface area contributed by atoms with Gasteiger partial charge in [0.1, 0.15) is 0 Å². The van der Waals surface area contributed by atoms with Crippen molar-refractivity contribution in [3.63, 3.8) is 0 Å². The highest BCUT2D eigenvalue weighted by Crippen LogP contribution is 2.19. The first-order chi connectivity index (χ1) is 9.74. The second-order valence-corrected chi connectivity index (χ2v) is 7.83. The van der Waals surface area contributed by atoms with Crippen LogP contribution >= 0.6 is 0 Å². The maximum absolute atomic E-state index is 12.5. The molecule has 0 fully saturated rings. The lowest BCUT2D eigenvalue weighted by atomic mass is 9.94. The molecule has 1 aromatic carbocycles. The number of benzene rings is 1. The summed E-state index contributed by atoms with van der Waals surface area (Å²) in [5.74, 6) is -0.100. The number of rotatable bonds is 7. The van der Waals surface area contributed by atoms with E-state index in [0.717, 1.165) is 0 Å². The Kier molecular flexibility index (Phi) is 5.90. The molecule has 116 valence electrons. The Morgan fingerprint density at radius 1 is 1.38 bits per heavy atom. The van der Waals surface area contributed by atoms with E-state index >= 15 is 0 Å². The zero-order valence-electron chi connectivity index (χ0n) is 12.8. The summed E-state index contributed by atoms with van der Waals surface area (Å²) in [5.41, 5.74) is 6.51. The molecule has 21 heavy (non-hydrogen) atoms. The maximum Gasteiger partial charge on any atom is 0.218 e. The van der Waals surface area contributed by atoms with Crippen molar-refractivity contribution in [3.05, 3.63) is 35.4 Å². The number of nitrogens with zero attached hydrogens (tertiary/aromatic N) is 2. The summed E-state index contributed by atoms with van der Waals surface area (Å²) in [4.78, 5) is 0.